The summed E-state index contributed by atoms with van der Waals surface area (Å²) in [6.45, 7) is 0. The Morgan fingerprint density at radius 1 is 0.295 bits per heavy atom. The number of fused-ring (bicyclic) bond motifs is 6. The van der Waals surface area contributed by atoms with Crippen molar-refractivity contribution >= 4 is 49.6 Å². The van der Waals surface area contributed by atoms with Gasteiger partial charge in [0.05, 0.1) is 22.4 Å². The number of nitrogens with zero attached hydrogens (tertiary/aromatic N) is 2. The average Bonchev–Trinajstić information content (AvgIpc) is 3.67. The molecule has 1 aromatic heterocycles. The number of ether oxygens (including phenoxy) is 1. The van der Waals surface area contributed by atoms with Crippen LogP contribution in [0.2, 0.25) is 0 Å². The van der Waals surface area contributed by atoms with E-state index < -0.39 is 0 Å². The smallest absolute Gasteiger partial charge is 0.152 e. The number of para-hydroxylation sites is 2. The Hall–Kier alpha value is -8.14. The molecule has 1 aliphatic rings. The minimum absolute atomic E-state index is 0.825. The molecule has 1 aliphatic heterocycles. The number of rotatable bonds is 6. The zero-order valence-corrected chi connectivity index (χ0v) is 33.2. The number of hydrogen-bond acceptors (Lipinski definition) is 2. The van der Waals surface area contributed by atoms with Gasteiger partial charge >= 0.3 is 0 Å². The van der Waals surface area contributed by atoms with Crippen LogP contribution in [0.1, 0.15) is 0 Å². The lowest BCUT2D eigenvalue weighted by atomic mass is 9.97. The van der Waals surface area contributed by atoms with Gasteiger partial charge in [0.2, 0.25) is 0 Å². The molecule has 2 heterocycles. The SMILES string of the molecule is c1ccc(-c2ccc3c(c2)Oc2cc(-c4cccc5ccccc45)ccc2N3c2ccc(-c3ccc(-c4ccc5c(c4)c4ccccc4n5-c4ccccc4)cc3)cc2)cc1. The molecule has 0 bridgehead atoms. The largest absolute Gasteiger partial charge is 0.453 e. The molecule has 3 nitrogen and oxygen atoms in total. The molecular formula is C58H38N2O. The first kappa shape index (κ1) is 34.9. The van der Waals surface area contributed by atoms with E-state index in [0.29, 0.717) is 0 Å². The summed E-state index contributed by atoms with van der Waals surface area (Å²) < 4.78 is 9.19. The first-order valence-corrected chi connectivity index (χ1v) is 20.8. The molecule has 3 heteroatoms. The predicted octanol–water partition coefficient (Wildman–Crippen LogP) is 16.2. The molecule has 0 unspecified atom stereocenters. The van der Waals surface area contributed by atoms with Gasteiger partial charge in [-0.25, -0.2) is 0 Å². The van der Waals surface area contributed by atoms with E-state index in [1.54, 1.807) is 0 Å². The van der Waals surface area contributed by atoms with Crippen molar-refractivity contribution in [3.63, 3.8) is 0 Å². The van der Waals surface area contributed by atoms with Gasteiger partial charge < -0.3 is 14.2 Å². The summed E-state index contributed by atoms with van der Waals surface area (Å²) in [4.78, 5) is 2.33. The van der Waals surface area contributed by atoms with Crippen molar-refractivity contribution < 1.29 is 4.74 Å². The van der Waals surface area contributed by atoms with Crippen molar-refractivity contribution in [2.24, 2.45) is 0 Å². The molecule has 0 atom stereocenters. The van der Waals surface area contributed by atoms with Crippen LogP contribution in [0.15, 0.2) is 231 Å². The van der Waals surface area contributed by atoms with E-state index in [1.807, 2.05) is 0 Å². The molecule has 0 N–H and O–H groups in total. The highest BCUT2D eigenvalue weighted by Crippen LogP contribution is 2.52. The maximum atomic E-state index is 6.83. The molecule has 0 spiro atoms. The molecule has 12 rings (SSSR count). The van der Waals surface area contributed by atoms with E-state index in [0.717, 1.165) is 50.8 Å². The zero-order chi connectivity index (χ0) is 40.3. The summed E-state index contributed by atoms with van der Waals surface area (Å²) in [6.07, 6.45) is 0. The molecular weight excluding hydrogens is 741 g/mol. The fraction of sp³-hybridized carbons (Fsp3) is 0. The molecule has 11 aromatic rings. The summed E-state index contributed by atoms with van der Waals surface area (Å²) in [6, 6.07) is 82.7. The van der Waals surface area contributed by atoms with Gasteiger partial charge in [-0.1, -0.05) is 164 Å². The molecule has 61 heavy (non-hydrogen) atoms. The Morgan fingerprint density at radius 3 is 1.56 bits per heavy atom. The molecule has 0 fully saturated rings. The third-order valence-electron chi connectivity index (χ3n) is 12.2. The third kappa shape index (κ3) is 5.98. The second-order valence-corrected chi connectivity index (χ2v) is 15.7. The predicted molar refractivity (Wildman–Crippen MR) is 255 cm³/mol. The Labute approximate surface area is 354 Å². The molecule has 286 valence electrons. The van der Waals surface area contributed by atoms with Gasteiger partial charge in [0, 0.05) is 22.1 Å². The summed E-state index contributed by atoms with van der Waals surface area (Å²) >= 11 is 0. The molecule has 0 saturated carbocycles. The van der Waals surface area contributed by atoms with Gasteiger partial charge in [-0.15, -0.1) is 0 Å². The summed E-state index contributed by atoms with van der Waals surface area (Å²) in [5, 5.41) is 4.95. The van der Waals surface area contributed by atoms with Crippen molar-refractivity contribution in [1.82, 2.24) is 4.57 Å². The Balaban J connectivity index is 0.890. The van der Waals surface area contributed by atoms with Crippen molar-refractivity contribution in [2.45, 2.75) is 0 Å². The van der Waals surface area contributed by atoms with Crippen LogP contribution in [0.25, 0.3) is 82.8 Å². The maximum absolute atomic E-state index is 6.83. The first-order chi connectivity index (χ1) is 30.2. The first-order valence-electron chi connectivity index (χ1n) is 20.8. The van der Waals surface area contributed by atoms with Gasteiger partial charge in [0.25, 0.3) is 0 Å². The third-order valence-corrected chi connectivity index (χ3v) is 12.2. The number of benzene rings is 10. The van der Waals surface area contributed by atoms with Crippen LogP contribution in [0.5, 0.6) is 11.5 Å². The van der Waals surface area contributed by atoms with E-state index in [1.165, 1.54) is 60.5 Å². The normalized spacial score (nSPS) is 12.0. The number of aromatic nitrogens is 1. The highest BCUT2D eigenvalue weighted by Gasteiger charge is 2.27. The van der Waals surface area contributed by atoms with Gasteiger partial charge in [-0.05, 0) is 122 Å². The molecule has 10 aromatic carbocycles. The molecule has 0 aliphatic carbocycles. The lowest BCUT2D eigenvalue weighted by molar-refractivity contribution is 0.477. The van der Waals surface area contributed by atoms with Gasteiger partial charge in [-0.3, -0.25) is 0 Å². The standard InChI is InChI=1S/C58H38N2O/c1-3-12-39(13-4-1)45-29-34-55-57(37-45)61-58-38-46(50-20-11-15-43-14-7-8-18-49(43)50)30-35-56(58)60(55)48-31-26-41(27-32-48)40-22-24-42(25-23-40)44-28-33-54-52(36-44)51-19-9-10-21-53(51)59(54)47-16-5-2-6-17-47/h1-38H. The van der Waals surface area contributed by atoms with Crippen LogP contribution < -0.4 is 9.64 Å². The number of anilines is 3. The zero-order valence-electron chi connectivity index (χ0n) is 33.2. The van der Waals surface area contributed by atoms with E-state index in [2.05, 4.69) is 240 Å². The second-order valence-electron chi connectivity index (χ2n) is 15.7. The number of hydrogen-bond donors (Lipinski definition) is 0. The lowest BCUT2D eigenvalue weighted by Crippen LogP contribution is -2.16. The minimum Gasteiger partial charge on any atom is -0.453 e. The van der Waals surface area contributed by atoms with Crippen molar-refractivity contribution in [2.75, 3.05) is 4.90 Å². The molecule has 0 amide bonds. The van der Waals surface area contributed by atoms with E-state index in [4.69, 9.17) is 4.74 Å². The van der Waals surface area contributed by atoms with Gasteiger partial charge in [0.1, 0.15) is 0 Å². The average molecular weight is 779 g/mol. The Bertz CT molecular complexity index is 3420. The fourth-order valence-corrected chi connectivity index (χ4v) is 9.21. The summed E-state index contributed by atoms with van der Waals surface area (Å²) in [5.74, 6) is 1.65. The van der Waals surface area contributed by atoms with Crippen LogP contribution in [0.4, 0.5) is 17.1 Å². The van der Waals surface area contributed by atoms with Crippen molar-refractivity contribution in [3.05, 3.63) is 231 Å². The monoisotopic (exact) mass is 778 g/mol. The minimum atomic E-state index is 0.825. The van der Waals surface area contributed by atoms with E-state index in [9.17, 15) is 0 Å². The summed E-state index contributed by atoms with van der Waals surface area (Å²) in [7, 11) is 0. The van der Waals surface area contributed by atoms with Gasteiger partial charge in [0.15, 0.2) is 11.5 Å². The van der Waals surface area contributed by atoms with Crippen LogP contribution >= 0.6 is 0 Å². The van der Waals surface area contributed by atoms with E-state index >= 15 is 0 Å². The lowest BCUT2D eigenvalue weighted by Gasteiger charge is -2.33. The van der Waals surface area contributed by atoms with Crippen LogP contribution in [-0.2, 0) is 0 Å². The Morgan fingerprint density at radius 2 is 0.803 bits per heavy atom. The maximum Gasteiger partial charge on any atom is 0.152 e. The highest BCUT2D eigenvalue weighted by molar-refractivity contribution is 6.10. The summed E-state index contributed by atoms with van der Waals surface area (Å²) in [5.41, 5.74) is 16.0. The van der Waals surface area contributed by atoms with Crippen molar-refractivity contribution in [1.29, 1.82) is 0 Å². The fourth-order valence-electron chi connectivity index (χ4n) is 9.21. The van der Waals surface area contributed by atoms with E-state index in [-0.39, 0.29) is 0 Å². The van der Waals surface area contributed by atoms with Crippen LogP contribution in [0, 0.1) is 0 Å². The second kappa shape index (κ2) is 14.3. The Kier molecular flexibility index (Phi) is 8.17. The topological polar surface area (TPSA) is 17.4 Å². The molecule has 0 radical (unpaired) electrons. The van der Waals surface area contributed by atoms with Crippen molar-refractivity contribution in [3.8, 4) is 61.7 Å². The van der Waals surface area contributed by atoms with Gasteiger partial charge in [-0.2, -0.15) is 0 Å². The quantitative estimate of drug-likeness (QED) is 0.167. The van der Waals surface area contributed by atoms with Crippen LogP contribution in [0.3, 0.4) is 0 Å². The van der Waals surface area contributed by atoms with Crippen LogP contribution in [-0.4, -0.2) is 4.57 Å². The molecule has 0 saturated heterocycles. The highest BCUT2D eigenvalue weighted by atomic mass is 16.5.